The number of hydrogen-bond acceptors (Lipinski definition) is 5. The van der Waals surface area contributed by atoms with Gasteiger partial charge in [0.1, 0.15) is 0 Å². The van der Waals surface area contributed by atoms with Crippen molar-refractivity contribution in [1.82, 2.24) is 9.80 Å². The van der Waals surface area contributed by atoms with Crippen LogP contribution in [0.25, 0.3) is 0 Å². The van der Waals surface area contributed by atoms with Crippen LogP contribution in [0.2, 0.25) is 0 Å². The molecule has 24 heavy (non-hydrogen) atoms. The third kappa shape index (κ3) is 4.03. The molecular formula is C14H19N5O5. The number of amides is 4. The van der Waals surface area contributed by atoms with Crippen molar-refractivity contribution >= 4 is 23.4 Å². The molecule has 2 rings (SSSR count). The number of nitrogens with one attached hydrogen (secondary N) is 1. The van der Waals surface area contributed by atoms with Gasteiger partial charge in [-0.05, 0) is 13.0 Å². The summed E-state index contributed by atoms with van der Waals surface area (Å²) in [4.78, 5) is 36.7. The monoisotopic (exact) mass is 337 g/mol. The Hall–Kier alpha value is -3.04. The number of urea groups is 2. The molecule has 3 N–H and O–H groups in total. The maximum Gasteiger partial charge on any atom is 0.321 e. The number of nitro groups is 1. The fourth-order valence-electron chi connectivity index (χ4n) is 2.35. The summed E-state index contributed by atoms with van der Waals surface area (Å²) in [7, 11) is 0. The predicted molar refractivity (Wildman–Crippen MR) is 86.0 cm³/mol. The first-order valence-corrected chi connectivity index (χ1v) is 7.44. The normalized spacial score (nSPS) is 14.2. The van der Waals surface area contributed by atoms with Crippen LogP contribution < -0.4 is 15.8 Å². The van der Waals surface area contributed by atoms with Gasteiger partial charge in [0.15, 0.2) is 5.75 Å². The molecule has 0 spiro atoms. The summed E-state index contributed by atoms with van der Waals surface area (Å²) in [5.74, 6) is 0.0962. The minimum atomic E-state index is -0.542. The molecule has 1 aliphatic heterocycles. The highest BCUT2D eigenvalue weighted by molar-refractivity contribution is 5.90. The molecule has 4 amide bonds. The van der Waals surface area contributed by atoms with Crippen LogP contribution >= 0.6 is 0 Å². The highest BCUT2D eigenvalue weighted by Gasteiger charge is 2.23. The first-order chi connectivity index (χ1) is 11.4. The van der Waals surface area contributed by atoms with E-state index in [-0.39, 0.29) is 24.1 Å². The number of rotatable bonds is 4. The lowest BCUT2D eigenvalue weighted by molar-refractivity contribution is -0.385. The fraction of sp³-hybridized carbons (Fsp3) is 0.429. The smallest absolute Gasteiger partial charge is 0.321 e. The highest BCUT2D eigenvalue weighted by atomic mass is 16.6. The van der Waals surface area contributed by atoms with Crippen LogP contribution in [0.3, 0.4) is 0 Å². The van der Waals surface area contributed by atoms with Crippen LogP contribution in [0.4, 0.5) is 21.0 Å². The van der Waals surface area contributed by atoms with E-state index in [1.165, 1.54) is 23.1 Å². The number of nitrogens with two attached hydrogens (primary N) is 1. The highest BCUT2D eigenvalue weighted by Crippen LogP contribution is 2.30. The molecule has 0 bridgehead atoms. The van der Waals surface area contributed by atoms with E-state index in [0.717, 1.165) is 0 Å². The van der Waals surface area contributed by atoms with Gasteiger partial charge in [0.25, 0.3) is 0 Å². The summed E-state index contributed by atoms with van der Waals surface area (Å²) in [5, 5.41) is 13.6. The van der Waals surface area contributed by atoms with Gasteiger partial charge in [-0.2, -0.15) is 0 Å². The third-order valence-electron chi connectivity index (χ3n) is 3.59. The molecule has 0 aromatic heterocycles. The largest absolute Gasteiger partial charge is 0.487 e. The van der Waals surface area contributed by atoms with Gasteiger partial charge in [-0.25, -0.2) is 9.59 Å². The van der Waals surface area contributed by atoms with Crippen molar-refractivity contribution in [3.05, 3.63) is 28.3 Å². The van der Waals surface area contributed by atoms with Crippen LogP contribution in [0.15, 0.2) is 18.2 Å². The van der Waals surface area contributed by atoms with Gasteiger partial charge < -0.3 is 25.6 Å². The Morgan fingerprint density at radius 3 is 2.46 bits per heavy atom. The van der Waals surface area contributed by atoms with Crippen LogP contribution in [0, 0.1) is 10.1 Å². The molecule has 1 fully saturated rings. The Morgan fingerprint density at radius 1 is 1.29 bits per heavy atom. The average molecular weight is 337 g/mol. The maximum absolute atomic E-state index is 12.2. The number of carbonyl (C=O) groups excluding carboxylic acids is 2. The van der Waals surface area contributed by atoms with Crippen LogP contribution in [-0.4, -0.2) is 59.6 Å². The Kier molecular flexibility index (Phi) is 5.40. The second kappa shape index (κ2) is 7.49. The number of carbonyl (C=O) groups is 2. The predicted octanol–water partition coefficient (Wildman–Crippen LogP) is 1.22. The zero-order valence-electron chi connectivity index (χ0n) is 13.2. The fourth-order valence-corrected chi connectivity index (χ4v) is 2.35. The second-order valence-corrected chi connectivity index (χ2v) is 5.12. The summed E-state index contributed by atoms with van der Waals surface area (Å²) in [5.41, 5.74) is 5.43. The number of anilines is 1. The molecule has 1 heterocycles. The van der Waals surface area contributed by atoms with Gasteiger partial charge in [0, 0.05) is 44.0 Å². The minimum absolute atomic E-state index is 0.0962. The molecule has 10 nitrogen and oxygen atoms in total. The van der Waals surface area contributed by atoms with Gasteiger partial charge >= 0.3 is 17.7 Å². The number of ether oxygens (including phenoxy) is 1. The van der Waals surface area contributed by atoms with Crippen molar-refractivity contribution in [2.75, 3.05) is 38.1 Å². The molecular weight excluding hydrogens is 318 g/mol. The van der Waals surface area contributed by atoms with Gasteiger partial charge in [0.05, 0.1) is 11.5 Å². The number of primary amides is 1. The number of nitrogens with zero attached hydrogens (tertiary/aromatic N) is 3. The Labute approximate surface area is 138 Å². The lowest BCUT2D eigenvalue weighted by Gasteiger charge is -2.33. The first-order valence-electron chi connectivity index (χ1n) is 7.44. The molecule has 0 aliphatic carbocycles. The van der Waals surface area contributed by atoms with E-state index in [9.17, 15) is 19.7 Å². The quantitative estimate of drug-likeness (QED) is 0.630. The molecule has 130 valence electrons. The summed E-state index contributed by atoms with van der Waals surface area (Å²) in [6.45, 7) is 3.45. The van der Waals surface area contributed by atoms with Crippen molar-refractivity contribution in [1.29, 1.82) is 0 Å². The molecule has 0 unspecified atom stereocenters. The molecule has 0 radical (unpaired) electrons. The molecule has 1 saturated heterocycles. The van der Waals surface area contributed by atoms with E-state index >= 15 is 0 Å². The number of benzene rings is 1. The molecule has 0 saturated carbocycles. The van der Waals surface area contributed by atoms with E-state index in [2.05, 4.69) is 5.32 Å². The van der Waals surface area contributed by atoms with Crippen molar-refractivity contribution in [3.63, 3.8) is 0 Å². The summed E-state index contributed by atoms with van der Waals surface area (Å²) in [6, 6.07) is 3.28. The van der Waals surface area contributed by atoms with Crippen LogP contribution in [0.5, 0.6) is 5.75 Å². The van der Waals surface area contributed by atoms with E-state index in [4.69, 9.17) is 10.5 Å². The molecule has 1 aromatic carbocycles. The zero-order chi connectivity index (χ0) is 17.7. The van der Waals surface area contributed by atoms with Crippen molar-refractivity contribution < 1.29 is 19.2 Å². The van der Waals surface area contributed by atoms with Crippen molar-refractivity contribution in [2.45, 2.75) is 6.92 Å². The molecule has 1 aromatic rings. The van der Waals surface area contributed by atoms with E-state index in [1.54, 1.807) is 11.8 Å². The number of piperazine rings is 1. The van der Waals surface area contributed by atoms with Crippen LogP contribution in [0.1, 0.15) is 6.92 Å². The lowest BCUT2D eigenvalue weighted by atomic mass is 10.2. The Morgan fingerprint density at radius 2 is 1.92 bits per heavy atom. The average Bonchev–Trinajstić information content (AvgIpc) is 2.55. The van der Waals surface area contributed by atoms with E-state index in [1.807, 2.05) is 0 Å². The number of hydrogen-bond donors (Lipinski definition) is 2. The first kappa shape index (κ1) is 17.3. The van der Waals surface area contributed by atoms with Crippen molar-refractivity contribution in [3.8, 4) is 5.75 Å². The minimum Gasteiger partial charge on any atom is -0.487 e. The third-order valence-corrected chi connectivity index (χ3v) is 3.59. The topological polar surface area (TPSA) is 131 Å². The van der Waals surface area contributed by atoms with Gasteiger partial charge in [0.2, 0.25) is 0 Å². The molecule has 0 atom stereocenters. The van der Waals surface area contributed by atoms with Crippen LogP contribution in [-0.2, 0) is 0 Å². The molecule has 10 heteroatoms. The van der Waals surface area contributed by atoms with Gasteiger partial charge in [-0.15, -0.1) is 0 Å². The maximum atomic E-state index is 12.2. The number of nitro benzene ring substituents is 1. The van der Waals surface area contributed by atoms with E-state index < -0.39 is 11.0 Å². The van der Waals surface area contributed by atoms with Gasteiger partial charge in [-0.1, -0.05) is 0 Å². The summed E-state index contributed by atoms with van der Waals surface area (Å²) in [6.07, 6.45) is 0. The lowest BCUT2D eigenvalue weighted by Crippen LogP contribution is -2.53. The van der Waals surface area contributed by atoms with Crippen molar-refractivity contribution in [2.24, 2.45) is 5.73 Å². The zero-order valence-corrected chi connectivity index (χ0v) is 13.2. The summed E-state index contributed by atoms with van der Waals surface area (Å²) < 4.78 is 5.24. The van der Waals surface area contributed by atoms with Gasteiger partial charge in [-0.3, -0.25) is 10.1 Å². The molecule has 1 aliphatic rings. The van der Waals surface area contributed by atoms with E-state index in [0.29, 0.717) is 31.9 Å². The Bertz CT molecular complexity index is 642. The SMILES string of the molecule is CCOc1cc(NC(=O)N2CCN(C(N)=O)CC2)ccc1[N+](=O)[O-]. The summed E-state index contributed by atoms with van der Waals surface area (Å²) >= 11 is 0. The standard InChI is InChI=1S/C14H19N5O5/c1-2-24-12-9-10(3-4-11(12)19(22)23)16-14(21)18-7-5-17(6-8-18)13(15)20/h3-4,9H,2,5-8H2,1H3,(H2,15,20)(H,16,21). The second-order valence-electron chi connectivity index (χ2n) is 5.12. The Balaban J connectivity index is 2.03.